The number of carbonyl (C=O) groups excluding carboxylic acids is 2. The molecule has 2 N–H and O–H groups in total. The molecule has 0 unspecified atom stereocenters. The number of hydrogen-bond donors (Lipinski definition) is 2. The lowest BCUT2D eigenvalue weighted by atomic mass is 10.1. The van der Waals surface area contributed by atoms with Crippen molar-refractivity contribution in [1.29, 1.82) is 0 Å². The summed E-state index contributed by atoms with van der Waals surface area (Å²) in [6.45, 7) is 1.94. The minimum absolute atomic E-state index is 0.0330. The van der Waals surface area contributed by atoms with Gasteiger partial charge >= 0.3 is 0 Å². The van der Waals surface area contributed by atoms with Gasteiger partial charge in [0.05, 0.1) is 19.1 Å². The van der Waals surface area contributed by atoms with Gasteiger partial charge in [0.25, 0.3) is 0 Å². The zero-order valence-corrected chi connectivity index (χ0v) is 15.4. The number of halogens is 2. The maximum atomic E-state index is 12.9. The van der Waals surface area contributed by atoms with E-state index < -0.39 is 0 Å². The first-order chi connectivity index (χ1) is 12.3. The molecule has 0 heterocycles. The van der Waals surface area contributed by atoms with Crippen molar-refractivity contribution in [3.8, 4) is 0 Å². The predicted molar refractivity (Wildman–Crippen MR) is 101 cm³/mol. The summed E-state index contributed by atoms with van der Waals surface area (Å²) in [7, 11) is 1.67. The third-order valence-corrected chi connectivity index (χ3v) is 4.05. The summed E-state index contributed by atoms with van der Waals surface area (Å²) in [6, 6.07) is 12.6. The Balaban J connectivity index is 1.80. The summed E-state index contributed by atoms with van der Waals surface area (Å²) in [5.74, 6) is -0.870. The quantitative estimate of drug-likeness (QED) is 0.778. The van der Waals surface area contributed by atoms with Gasteiger partial charge < -0.3 is 10.6 Å². The summed E-state index contributed by atoms with van der Waals surface area (Å²) in [4.78, 5) is 25.7. The van der Waals surface area contributed by atoms with E-state index >= 15 is 0 Å². The fraction of sp³-hybridized carbons (Fsp3) is 0.263. The van der Waals surface area contributed by atoms with E-state index in [9.17, 15) is 14.0 Å². The number of hydrogen-bond acceptors (Lipinski definition) is 3. The topological polar surface area (TPSA) is 61.4 Å². The van der Waals surface area contributed by atoms with Gasteiger partial charge in [-0.25, -0.2) is 4.39 Å². The van der Waals surface area contributed by atoms with Crippen molar-refractivity contribution < 1.29 is 14.0 Å². The second-order valence-electron chi connectivity index (χ2n) is 6.04. The predicted octanol–water partition coefficient (Wildman–Crippen LogP) is 3.23. The minimum atomic E-state index is -0.371. The lowest BCUT2D eigenvalue weighted by Crippen LogP contribution is -2.39. The molecule has 2 aromatic rings. The number of anilines is 1. The summed E-state index contributed by atoms with van der Waals surface area (Å²) in [5, 5.41) is 6.10. The highest BCUT2D eigenvalue weighted by Crippen LogP contribution is 2.21. The molecule has 1 atom stereocenters. The smallest absolute Gasteiger partial charge is 0.238 e. The van der Waals surface area contributed by atoms with Crippen LogP contribution < -0.4 is 10.6 Å². The molecule has 5 nitrogen and oxygen atoms in total. The molecular weight excluding hydrogens is 357 g/mol. The molecule has 0 bridgehead atoms. The highest BCUT2D eigenvalue weighted by molar-refractivity contribution is 6.31. The molecule has 2 rings (SSSR count). The highest BCUT2D eigenvalue weighted by Gasteiger charge is 2.15. The van der Waals surface area contributed by atoms with Gasteiger partial charge in [-0.15, -0.1) is 0 Å². The molecule has 0 saturated heterocycles. The molecule has 0 aliphatic rings. The van der Waals surface area contributed by atoms with Gasteiger partial charge in [-0.3, -0.25) is 14.5 Å². The van der Waals surface area contributed by atoms with Gasteiger partial charge in [0.2, 0.25) is 11.8 Å². The monoisotopic (exact) mass is 377 g/mol. The average molecular weight is 378 g/mol. The van der Waals surface area contributed by atoms with Crippen LogP contribution in [-0.2, 0) is 9.59 Å². The summed E-state index contributed by atoms with van der Waals surface area (Å²) in [6.07, 6.45) is 0. The molecule has 2 amide bonds. The van der Waals surface area contributed by atoms with E-state index in [0.717, 1.165) is 5.56 Å². The molecule has 26 heavy (non-hydrogen) atoms. The maximum absolute atomic E-state index is 12.9. The fourth-order valence-corrected chi connectivity index (χ4v) is 2.77. The van der Waals surface area contributed by atoms with Gasteiger partial charge in [0.1, 0.15) is 5.82 Å². The summed E-state index contributed by atoms with van der Waals surface area (Å²) >= 11 is 6.13. The largest absolute Gasteiger partial charge is 0.348 e. The van der Waals surface area contributed by atoms with E-state index in [4.69, 9.17) is 11.6 Å². The average Bonchev–Trinajstić information content (AvgIpc) is 2.56. The molecule has 0 radical (unpaired) electrons. The number of amides is 2. The molecule has 0 saturated carbocycles. The number of nitrogens with zero attached hydrogens (tertiary/aromatic N) is 1. The first-order valence-corrected chi connectivity index (χ1v) is 8.50. The molecule has 0 aromatic heterocycles. The van der Waals surface area contributed by atoms with Crippen molar-refractivity contribution in [3.05, 3.63) is 64.9 Å². The summed E-state index contributed by atoms with van der Waals surface area (Å²) < 4.78 is 12.9. The third-order valence-electron chi connectivity index (χ3n) is 3.70. The highest BCUT2D eigenvalue weighted by atomic mass is 35.5. The van der Waals surface area contributed by atoms with Crippen LogP contribution in [0, 0.1) is 5.82 Å². The Bertz CT molecular complexity index is 768. The Morgan fingerprint density at radius 3 is 2.35 bits per heavy atom. The third kappa shape index (κ3) is 6.13. The van der Waals surface area contributed by atoms with Gasteiger partial charge in [0.15, 0.2) is 0 Å². The lowest BCUT2D eigenvalue weighted by Gasteiger charge is -2.19. The van der Waals surface area contributed by atoms with Crippen LogP contribution in [0.5, 0.6) is 0 Å². The lowest BCUT2D eigenvalue weighted by molar-refractivity contribution is -0.123. The van der Waals surface area contributed by atoms with E-state index in [1.54, 1.807) is 18.0 Å². The van der Waals surface area contributed by atoms with Crippen LogP contribution in [0.2, 0.25) is 5.02 Å². The molecule has 138 valence electrons. The fourth-order valence-electron chi connectivity index (χ4n) is 2.47. The van der Waals surface area contributed by atoms with Crippen LogP contribution in [0.25, 0.3) is 0 Å². The van der Waals surface area contributed by atoms with Gasteiger partial charge in [-0.05, 0) is 49.9 Å². The molecular formula is C19H21ClFN3O2. The number of carbonyl (C=O) groups is 2. The summed E-state index contributed by atoms with van der Waals surface area (Å²) in [5.41, 5.74) is 1.33. The van der Waals surface area contributed by atoms with Crippen molar-refractivity contribution in [3.63, 3.8) is 0 Å². The van der Waals surface area contributed by atoms with Crippen LogP contribution in [0.3, 0.4) is 0 Å². The Labute approximate surface area is 157 Å². The van der Waals surface area contributed by atoms with Crippen LogP contribution in [0.1, 0.15) is 18.5 Å². The normalized spacial score (nSPS) is 11.9. The van der Waals surface area contributed by atoms with Gasteiger partial charge in [-0.2, -0.15) is 0 Å². The minimum Gasteiger partial charge on any atom is -0.348 e. The number of likely N-dealkylation sites (N-methyl/N-ethyl adjacent to an activating group) is 1. The van der Waals surface area contributed by atoms with E-state index in [-0.39, 0.29) is 36.8 Å². The zero-order chi connectivity index (χ0) is 19.1. The number of benzene rings is 2. The van der Waals surface area contributed by atoms with Gasteiger partial charge in [-0.1, -0.05) is 29.8 Å². The van der Waals surface area contributed by atoms with Crippen LogP contribution in [-0.4, -0.2) is 36.9 Å². The molecule has 0 fully saturated rings. The van der Waals surface area contributed by atoms with Crippen molar-refractivity contribution in [2.45, 2.75) is 13.0 Å². The SMILES string of the molecule is C[C@H](NC(=O)CN(C)CC(=O)Nc1ccc(F)cc1)c1ccccc1Cl. The van der Waals surface area contributed by atoms with Crippen LogP contribution in [0.15, 0.2) is 48.5 Å². The van der Waals surface area contributed by atoms with E-state index in [2.05, 4.69) is 10.6 Å². The first kappa shape index (κ1) is 19.9. The number of nitrogens with one attached hydrogen (secondary N) is 2. The second kappa shape index (κ2) is 9.31. The standard InChI is InChI=1S/C19H21ClFN3O2/c1-13(16-5-3-4-6-17(16)20)22-18(25)11-24(2)12-19(26)23-15-9-7-14(21)8-10-15/h3-10,13H,11-12H2,1-2H3,(H,22,25)(H,23,26)/t13-/m0/s1. The van der Waals surface area contributed by atoms with Crippen LogP contribution in [0.4, 0.5) is 10.1 Å². The Morgan fingerprint density at radius 1 is 1.08 bits per heavy atom. The number of rotatable bonds is 7. The first-order valence-electron chi connectivity index (χ1n) is 8.13. The van der Waals surface area contributed by atoms with Crippen molar-refractivity contribution in [1.82, 2.24) is 10.2 Å². The maximum Gasteiger partial charge on any atom is 0.238 e. The van der Waals surface area contributed by atoms with Crippen LogP contribution >= 0.6 is 11.6 Å². The molecule has 0 spiro atoms. The Morgan fingerprint density at radius 2 is 1.69 bits per heavy atom. The molecule has 2 aromatic carbocycles. The van der Waals surface area contributed by atoms with Crippen molar-refractivity contribution in [2.75, 3.05) is 25.5 Å². The molecule has 0 aliphatic heterocycles. The van der Waals surface area contributed by atoms with Gasteiger partial charge in [0, 0.05) is 10.7 Å². The second-order valence-corrected chi connectivity index (χ2v) is 6.45. The molecule has 0 aliphatic carbocycles. The van der Waals surface area contributed by atoms with Crippen molar-refractivity contribution >= 4 is 29.1 Å². The Kier molecular flexibility index (Phi) is 7.12. The van der Waals surface area contributed by atoms with Crippen molar-refractivity contribution in [2.24, 2.45) is 0 Å². The zero-order valence-electron chi connectivity index (χ0n) is 14.6. The van der Waals surface area contributed by atoms with E-state index in [1.807, 2.05) is 25.1 Å². The van der Waals surface area contributed by atoms with E-state index in [0.29, 0.717) is 10.7 Å². The molecule has 7 heteroatoms. The van der Waals surface area contributed by atoms with E-state index in [1.165, 1.54) is 24.3 Å². The Hall–Kier alpha value is -2.44.